The lowest BCUT2D eigenvalue weighted by atomic mass is 10.2. The van der Waals surface area contributed by atoms with Crippen LogP contribution in [-0.2, 0) is 11.2 Å². The molecule has 70 valence electrons. The molecule has 0 radical (unpaired) electrons. The molecule has 0 atom stereocenters. The van der Waals surface area contributed by atoms with Crippen LogP contribution in [0.25, 0.3) is 0 Å². The molecule has 1 heterocycles. The van der Waals surface area contributed by atoms with Crippen LogP contribution in [0, 0.1) is 6.92 Å². The van der Waals surface area contributed by atoms with Crippen LogP contribution in [0.15, 0.2) is 6.20 Å². The van der Waals surface area contributed by atoms with Gasteiger partial charge in [-0.2, -0.15) is 4.98 Å². The maximum Gasteiger partial charge on any atom is 0.220 e. The maximum absolute atomic E-state index is 10.9. The highest BCUT2D eigenvalue weighted by Gasteiger charge is 2.07. The monoisotopic (exact) mass is 180 g/mol. The number of carbonyl (C=O) groups excluding carboxylic acids is 1. The summed E-state index contributed by atoms with van der Waals surface area (Å²) in [4.78, 5) is 18.9. The van der Waals surface area contributed by atoms with E-state index in [-0.39, 0.29) is 5.78 Å². The van der Waals surface area contributed by atoms with Gasteiger partial charge in [-0.1, -0.05) is 0 Å². The number of ether oxygens (including phenoxy) is 1. The van der Waals surface area contributed by atoms with E-state index in [1.54, 1.807) is 13.1 Å². The normalized spacial score (nSPS) is 9.77. The van der Waals surface area contributed by atoms with E-state index in [0.717, 1.165) is 5.56 Å². The molecule has 0 aromatic carbocycles. The molecule has 0 aliphatic heterocycles. The summed E-state index contributed by atoms with van der Waals surface area (Å²) in [5.74, 6) is 1.21. The van der Waals surface area contributed by atoms with Gasteiger partial charge in [0.1, 0.15) is 11.6 Å². The van der Waals surface area contributed by atoms with Crippen molar-refractivity contribution in [2.45, 2.75) is 20.3 Å². The van der Waals surface area contributed by atoms with Gasteiger partial charge in [-0.05, 0) is 13.8 Å². The third-order valence-corrected chi connectivity index (χ3v) is 1.58. The second kappa shape index (κ2) is 3.98. The highest BCUT2D eigenvalue weighted by atomic mass is 16.5. The maximum atomic E-state index is 10.9. The van der Waals surface area contributed by atoms with Gasteiger partial charge in [0.05, 0.1) is 7.11 Å². The van der Waals surface area contributed by atoms with Gasteiger partial charge in [-0.3, -0.25) is 4.79 Å². The summed E-state index contributed by atoms with van der Waals surface area (Å²) >= 11 is 0. The van der Waals surface area contributed by atoms with Crippen molar-refractivity contribution < 1.29 is 9.53 Å². The van der Waals surface area contributed by atoms with E-state index in [4.69, 9.17) is 4.74 Å². The van der Waals surface area contributed by atoms with Crippen molar-refractivity contribution in [3.8, 4) is 5.88 Å². The smallest absolute Gasteiger partial charge is 0.220 e. The Kier molecular flexibility index (Phi) is 2.95. The van der Waals surface area contributed by atoms with Crippen molar-refractivity contribution in [3.05, 3.63) is 17.6 Å². The fourth-order valence-corrected chi connectivity index (χ4v) is 1.04. The fraction of sp³-hybridized carbons (Fsp3) is 0.444. The third kappa shape index (κ3) is 2.50. The lowest BCUT2D eigenvalue weighted by Gasteiger charge is -2.05. The van der Waals surface area contributed by atoms with E-state index < -0.39 is 0 Å². The minimum atomic E-state index is 0.0748. The summed E-state index contributed by atoms with van der Waals surface area (Å²) in [7, 11) is 1.53. The molecule has 0 fully saturated rings. The van der Waals surface area contributed by atoms with Gasteiger partial charge in [-0.15, -0.1) is 0 Å². The molecule has 0 amide bonds. The van der Waals surface area contributed by atoms with E-state index in [0.29, 0.717) is 18.1 Å². The first-order chi connectivity index (χ1) is 6.13. The van der Waals surface area contributed by atoms with Gasteiger partial charge in [0.15, 0.2) is 0 Å². The summed E-state index contributed by atoms with van der Waals surface area (Å²) < 4.78 is 5.02. The van der Waals surface area contributed by atoms with Crippen molar-refractivity contribution in [1.82, 2.24) is 9.97 Å². The van der Waals surface area contributed by atoms with Crippen LogP contribution in [0.3, 0.4) is 0 Å². The number of aromatic nitrogens is 2. The van der Waals surface area contributed by atoms with Gasteiger partial charge in [0, 0.05) is 18.2 Å². The first-order valence-corrected chi connectivity index (χ1v) is 3.99. The Labute approximate surface area is 77.0 Å². The first kappa shape index (κ1) is 9.64. The molecule has 0 unspecified atom stereocenters. The van der Waals surface area contributed by atoms with E-state index in [9.17, 15) is 4.79 Å². The van der Waals surface area contributed by atoms with Gasteiger partial charge < -0.3 is 4.74 Å². The van der Waals surface area contributed by atoms with Crippen molar-refractivity contribution in [1.29, 1.82) is 0 Å². The number of hydrogen-bond donors (Lipinski definition) is 0. The van der Waals surface area contributed by atoms with Gasteiger partial charge in [0.25, 0.3) is 0 Å². The highest BCUT2D eigenvalue weighted by Crippen LogP contribution is 2.14. The number of ketones is 1. The molecule has 0 bridgehead atoms. The standard InChI is InChI=1S/C9H12N2O2/c1-6(12)4-8-5-10-7(2)11-9(8)13-3/h5H,4H2,1-3H3. The Hall–Kier alpha value is -1.45. The lowest BCUT2D eigenvalue weighted by Crippen LogP contribution is -2.03. The molecule has 4 nitrogen and oxygen atoms in total. The molecule has 1 aromatic heterocycles. The van der Waals surface area contributed by atoms with Gasteiger partial charge in [0.2, 0.25) is 5.88 Å². The zero-order chi connectivity index (χ0) is 9.84. The van der Waals surface area contributed by atoms with Gasteiger partial charge in [-0.25, -0.2) is 4.98 Å². The quantitative estimate of drug-likeness (QED) is 0.694. The minimum absolute atomic E-state index is 0.0748. The van der Waals surface area contributed by atoms with E-state index in [1.807, 2.05) is 0 Å². The zero-order valence-corrected chi connectivity index (χ0v) is 8.00. The number of aryl methyl sites for hydroxylation is 1. The molecule has 0 aliphatic carbocycles. The molecule has 0 N–H and O–H groups in total. The molecular formula is C9H12N2O2. The first-order valence-electron chi connectivity index (χ1n) is 3.99. The van der Waals surface area contributed by atoms with E-state index in [2.05, 4.69) is 9.97 Å². The Balaban J connectivity index is 2.99. The SMILES string of the molecule is COc1nc(C)ncc1CC(C)=O. The second-order valence-electron chi connectivity index (χ2n) is 2.83. The summed E-state index contributed by atoms with van der Waals surface area (Å²) in [6.45, 7) is 3.30. The van der Waals surface area contributed by atoms with Crippen LogP contribution >= 0.6 is 0 Å². The molecule has 1 rings (SSSR count). The Morgan fingerprint density at radius 3 is 2.85 bits per heavy atom. The lowest BCUT2D eigenvalue weighted by molar-refractivity contribution is -0.116. The molecule has 0 spiro atoms. The predicted molar refractivity (Wildman–Crippen MR) is 47.7 cm³/mol. The number of methoxy groups -OCH3 is 1. The molecule has 0 saturated heterocycles. The summed E-state index contributed by atoms with van der Waals surface area (Å²) in [6.07, 6.45) is 1.95. The fourth-order valence-electron chi connectivity index (χ4n) is 1.04. The predicted octanol–water partition coefficient (Wildman–Crippen LogP) is 0.925. The number of rotatable bonds is 3. The zero-order valence-electron chi connectivity index (χ0n) is 8.00. The van der Waals surface area contributed by atoms with Crippen molar-refractivity contribution in [3.63, 3.8) is 0 Å². The number of nitrogens with zero attached hydrogens (tertiary/aromatic N) is 2. The second-order valence-corrected chi connectivity index (χ2v) is 2.83. The van der Waals surface area contributed by atoms with Crippen LogP contribution in [-0.4, -0.2) is 22.9 Å². The van der Waals surface area contributed by atoms with Crippen LogP contribution in [0.4, 0.5) is 0 Å². The number of carbonyl (C=O) groups is 1. The van der Waals surface area contributed by atoms with Crippen molar-refractivity contribution >= 4 is 5.78 Å². The van der Waals surface area contributed by atoms with Crippen LogP contribution in [0.2, 0.25) is 0 Å². The highest BCUT2D eigenvalue weighted by molar-refractivity contribution is 5.78. The van der Waals surface area contributed by atoms with Crippen molar-refractivity contribution in [2.75, 3.05) is 7.11 Å². The van der Waals surface area contributed by atoms with Crippen molar-refractivity contribution in [2.24, 2.45) is 0 Å². The molecule has 13 heavy (non-hydrogen) atoms. The third-order valence-electron chi connectivity index (χ3n) is 1.58. The molecule has 0 aliphatic rings. The summed E-state index contributed by atoms with van der Waals surface area (Å²) in [5.41, 5.74) is 0.737. The Morgan fingerprint density at radius 2 is 2.31 bits per heavy atom. The topological polar surface area (TPSA) is 52.1 Å². The number of Topliss-reactive ketones (excluding diaryl/α,β-unsaturated/α-hetero) is 1. The minimum Gasteiger partial charge on any atom is -0.481 e. The summed E-state index contributed by atoms with van der Waals surface area (Å²) in [5, 5.41) is 0. The van der Waals surface area contributed by atoms with Crippen LogP contribution < -0.4 is 4.74 Å². The molecule has 1 aromatic rings. The molecular weight excluding hydrogens is 168 g/mol. The average molecular weight is 180 g/mol. The van der Waals surface area contributed by atoms with Crippen LogP contribution in [0.5, 0.6) is 5.88 Å². The average Bonchev–Trinajstić information content (AvgIpc) is 2.07. The van der Waals surface area contributed by atoms with E-state index >= 15 is 0 Å². The summed E-state index contributed by atoms with van der Waals surface area (Å²) in [6, 6.07) is 0. The Bertz CT molecular complexity index is 323. The molecule has 0 saturated carbocycles. The van der Waals surface area contributed by atoms with E-state index in [1.165, 1.54) is 14.0 Å². The molecule has 4 heteroatoms. The van der Waals surface area contributed by atoms with Crippen LogP contribution in [0.1, 0.15) is 18.3 Å². The van der Waals surface area contributed by atoms with Gasteiger partial charge >= 0.3 is 0 Å². The Morgan fingerprint density at radius 1 is 1.62 bits per heavy atom. The largest absolute Gasteiger partial charge is 0.481 e. The number of hydrogen-bond acceptors (Lipinski definition) is 4.